The smallest absolute Gasteiger partial charge is 0.261 e. The summed E-state index contributed by atoms with van der Waals surface area (Å²) >= 11 is 0. The second-order valence-electron chi connectivity index (χ2n) is 7.31. The van der Waals surface area contributed by atoms with Crippen LogP contribution in [0.1, 0.15) is 11.1 Å². The van der Waals surface area contributed by atoms with Crippen molar-refractivity contribution in [2.24, 2.45) is 0 Å². The number of nitrogens with one attached hydrogen (secondary N) is 1. The summed E-state index contributed by atoms with van der Waals surface area (Å²) in [5.41, 5.74) is 2.49. The third-order valence-corrected chi connectivity index (χ3v) is 5.38. The van der Waals surface area contributed by atoms with Gasteiger partial charge in [0.2, 0.25) is 0 Å². The van der Waals surface area contributed by atoms with Crippen LogP contribution in [0, 0.1) is 0 Å². The van der Waals surface area contributed by atoms with Gasteiger partial charge in [-0.2, -0.15) is 0 Å². The molecule has 0 bridgehead atoms. The highest BCUT2D eigenvalue weighted by Crippen LogP contribution is 2.28. The van der Waals surface area contributed by atoms with E-state index in [1.807, 2.05) is 24.3 Å². The van der Waals surface area contributed by atoms with Gasteiger partial charge in [0.15, 0.2) is 6.10 Å². The molecule has 1 amide bonds. The summed E-state index contributed by atoms with van der Waals surface area (Å²) in [5.74, 6) is 0.834. The number of amides is 1. The Bertz CT molecular complexity index is 732. The molecule has 2 heterocycles. The molecule has 1 unspecified atom stereocenters. The molecule has 2 aliphatic rings. The molecule has 4 rings (SSSR count). The first-order valence-electron chi connectivity index (χ1n) is 9.79. The van der Waals surface area contributed by atoms with Crippen LogP contribution in [0.25, 0.3) is 0 Å². The highest BCUT2D eigenvalue weighted by Gasteiger charge is 2.28. The molecule has 142 valence electrons. The topological polar surface area (TPSA) is 44.8 Å². The third-order valence-electron chi connectivity index (χ3n) is 5.38. The Morgan fingerprint density at radius 1 is 0.963 bits per heavy atom. The lowest BCUT2D eigenvalue weighted by molar-refractivity contribution is -0.127. The van der Waals surface area contributed by atoms with Gasteiger partial charge in [-0.25, -0.2) is 0 Å². The third kappa shape index (κ3) is 4.67. The van der Waals surface area contributed by atoms with E-state index in [0.717, 1.165) is 50.6 Å². The second-order valence-corrected chi connectivity index (χ2v) is 7.31. The first-order valence-corrected chi connectivity index (χ1v) is 9.79. The molecular weight excluding hydrogens is 338 g/mol. The Balaban J connectivity index is 1.14. The van der Waals surface area contributed by atoms with Gasteiger partial charge in [-0.1, -0.05) is 48.5 Å². The largest absolute Gasteiger partial charge is 0.480 e. The first kappa shape index (κ1) is 18.0. The van der Waals surface area contributed by atoms with Crippen molar-refractivity contribution in [3.8, 4) is 5.75 Å². The molecule has 2 aromatic rings. The number of carbonyl (C=O) groups excluding carboxylic acids is 1. The van der Waals surface area contributed by atoms with Crippen molar-refractivity contribution >= 4 is 5.91 Å². The Morgan fingerprint density at radius 3 is 2.44 bits per heavy atom. The molecule has 0 radical (unpaired) electrons. The van der Waals surface area contributed by atoms with E-state index < -0.39 is 0 Å². The molecule has 5 heteroatoms. The number of benzene rings is 2. The molecule has 0 aliphatic carbocycles. The molecular formula is C22H27N3O2. The number of ether oxygens (including phenoxy) is 1. The first-order chi connectivity index (χ1) is 13.3. The maximum absolute atomic E-state index is 12.3. The van der Waals surface area contributed by atoms with Crippen LogP contribution in [0.5, 0.6) is 5.75 Å². The number of rotatable bonds is 6. The van der Waals surface area contributed by atoms with Crippen molar-refractivity contribution < 1.29 is 9.53 Å². The minimum Gasteiger partial charge on any atom is -0.480 e. The lowest BCUT2D eigenvalue weighted by Crippen LogP contribution is -2.48. The van der Waals surface area contributed by atoms with Crippen LogP contribution in [0.3, 0.4) is 0 Å². The van der Waals surface area contributed by atoms with E-state index in [0.29, 0.717) is 13.0 Å². The quantitative estimate of drug-likeness (QED) is 0.850. The van der Waals surface area contributed by atoms with E-state index >= 15 is 0 Å². The van der Waals surface area contributed by atoms with Gasteiger partial charge in [-0.05, 0) is 17.2 Å². The number of hydrogen-bond acceptors (Lipinski definition) is 4. The highest BCUT2D eigenvalue weighted by atomic mass is 16.5. The molecule has 27 heavy (non-hydrogen) atoms. The number of nitrogens with zero attached hydrogens (tertiary/aromatic N) is 2. The Hall–Kier alpha value is -2.37. The van der Waals surface area contributed by atoms with Gasteiger partial charge >= 0.3 is 0 Å². The number of para-hydroxylation sites is 1. The number of hydrogen-bond donors (Lipinski definition) is 1. The van der Waals surface area contributed by atoms with Crippen molar-refractivity contribution in [3.05, 3.63) is 65.7 Å². The van der Waals surface area contributed by atoms with Gasteiger partial charge in [0.25, 0.3) is 5.91 Å². The summed E-state index contributed by atoms with van der Waals surface area (Å²) in [4.78, 5) is 17.3. The maximum Gasteiger partial charge on any atom is 0.261 e. The van der Waals surface area contributed by atoms with E-state index in [2.05, 4.69) is 45.4 Å². The van der Waals surface area contributed by atoms with E-state index in [-0.39, 0.29) is 12.0 Å². The number of fused-ring (bicyclic) bond motifs is 1. The minimum absolute atomic E-state index is 0.00564. The second kappa shape index (κ2) is 8.55. The SMILES string of the molecule is O=C(NCCN1CCN(Cc2ccccc2)CC1)C1Cc2ccccc2O1. The fourth-order valence-corrected chi connectivity index (χ4v) is 3.79. The molecule has 0 spiro atoms. The van der Waals surface area contributed by atoms with Gasteiger partial charge in [0, 0.05) is 52.2 Å². The summed E-state index contributed by atoms with van der Waals surface area (Å²) in [6, 6.07) is 18.5. The average Bonchev–Trinajstić information content (AvgIpc) is 3.14. The lowest BCUT2D eigenvalue weighted by Gasteiger charge is -2.34. The van der Waals surface area contributed by atoms with Gasteiger partial charge < -0.3 is 10.1 Å². The predicted octanol–water partition coefficient (Wildman–Crippen LogP) is 1.92. The number of carbonyl (C=O) groups is 1. The van der Waals surface area contributed by atoms with E-state index in [4.69, 9.17) is 4.74 Å². The summed E-state index contributed by atoms with van der Waals surface area (Å²) in [7, 11) is 0. The molecule has 1 saturated heterocycles. The Labute approximate surface area is 160 Å². The van der Waals surface area contributed by atoms with Crippen molar-refractivity contribution in [2.75, 3.05) is 39.3 Å². The van der Waals surface area contributed by atoms with Gasteiger partial charge in [0.1, 0.15) is 5.75 Å². The molecule has 5 nitrogen and oxygen atoms in total. The zero-order chi connectivity index (χ0) is 18.5. The van der Waals surface area contributed by atoms with Crippen LogP contribution in [-0.2, 0) is 17.8 Å². The molecule has 2 aliphatic heterocycles. The van der Waals surface area contributed by atoms with Crippen molar-refractivity contribution in [3.63, 3.8) is 0 Å². The van der Waals surface area contributed by atoms with Gasteiger partial charge in [-0.15, -0.1) is 0 Å². The van der Waals surface area contributed by atoms with Crippen LogP contribution < -0.4 is 10.1 Å². The summed E-state index contributed by atoms with van der Waals surface area (Å²) < 4.78 is 5.75. The molecule has 1 fully saturated rings. The van der Waals surface area contributed by atoms with Crippen molar-refractivity contribution in [1.29, 1.82) is 0 Å². The zero-order valence-corrected chi connectivity index (χ0v) is 15.6. The van der Waals surface area contributed by atoms with Crippen LogP contribution in [0.2, 0.25) is 0 Å². The fraction of sp³-hybridized carbons (Fsp3) is 0.409. The molecule has 0 saturated carbocycles. The van der Waals surface area contributed by atoms with Crippen LogP contribution in [-0.4, -0.2) is 61.1 Å². The van der Waals surface area contributed by atoms with Crippen LogP contribution >= 0.6 is 0 Å². The highest BCUT2D eigenvalue weighted by molar-refractivity contribution is 5.82. The minimum atomic E-state index is -0.384. The fourth-order valence-electron chi connectivity index (χ4n) is 3.79. The van der Waals surface area contributed by atoms with Crippen molar-refractivity contribution in [2.45, 2.75) is 19.1 Å². The van der Waals surface area contributed by atoms with E-state index in [1.165, 1.54) is 5.56 Å². The summed E-state index contributed by atoms with van der Waals surface area (Å²) in [6.07, 6.45) is 0.283. The molecule has 1 atom stereocenters. The summed E-state index contributed by atoms with van der Waals surface area (Å²) in [5, 5.41) is 3.04. The average molecular weight is 365 g/mol. The van der Waals surface area contributed by atoms with Gasteiger partial charge in [0.05, 0.1) is 0 Å². The normalized spacial score (nSPS) is 20.1. The Kier molecular flexibility index (Phi) is 5.70. The summed E-state index contributed by atoms with van der Waals surface area (Å²) in [6.45, 7) is 6.83. The standard InChI is InChI=1S/C22H27N3O2/c26-22(21-16-19-8-4-5-9-20(19)27-21)23-10-11-24-12-14-25(15-13-24)17-18-6-2-1-3-7-18/h1-9,21H,10-17H2,(H,23,26). The van der Waals surface area contributed by atoms with E-state index in [9.17, 15) is 4.79 Å². The maximum atomic E-state index is 12.3. The van der Waals surface area contributed by atoms with Crippen molar-refractivity contribution in [1.82, 2.24) is 15.1 Å². The van der Waals surface area contributed by atoms with E-state index in [1.54, 1.807) is 0 Å². The molecule has 2 aromatic carbocycles. The Morgan fingerprint density at radius 2 is 1.67 bits per heavy atom. The molecule has 1 N–H and O–H groups in total. The lowest BCUT2D eigenvalue weighted by atomic mass is 10.1. The predicted molar refractivity (Wildman–Crippen MR) is 106 cm³/mol. The van der Waals surface area contributed by atoms with Crippen LogP contribution in [0.4, 0.5) is 0 Å². The van der Waals surface area contributed by atoms with Crippen LogP contribution in [0.15, 0.2) is 54.6 Å². The zero-order valence-electron chi connectivity index (χ0n) is 15.6. The molecule has 0 aromatic heterocycles. The number of piperazine rings is 1. The van der Waals surface area contributed by atoms with Gasteiger partial charge in [-0.3, -0.25) is 14.6 Å². The monoisotopic (exact) mass is 365 g/mol.